The average molecular weight is 429 g/mol. The van der Waals surface area contributed by atoms with Crippen molar-refractivity contribution in [3.05, 3.63) is 111 Å². The van der Waals surface area contributed by atoms with E-state index in [1.165, 1.54) is 0 Å². The summed E-state index contributed by atoms with van der Waals surface area (Å²) >= 11 is 6.05. The van der Waals surface area contributed by atoms with Crippen molar-refractivity contribution in [2.24, 2.45) is 0 Å². The molecule has 0 saturated heterocycles. The lowest BCUT2D eigenvalue weighted by atomic mass is 9.97. The first-order valence-electron chi connectivity index (χ1n) is 9.70. The van der Waals surface area contributed by atoms with Crippen LogP contribution in [0.5, 0.6) is 0 Å². The Kier molecular flexibility index (Phi) is 4.76. The topological polar surface area (TPSA) is 90.6 Å². The van der Waals surface area contributed by atoms with Crippen LogP contribution in [0.25, 0.3) is 21.9 Å². The molecule has 31 heavy (non-hydrogen) atoms. The molecule has 0 saturated carbocycles. The maximum absolute atomic E-state index is 13.3. The van der Waals surface area contributed by atoms with E-state index in [4.69, 9.17) is 11.6 Å². The van der Waals surface area contributed by atoms with Gasteiger partial charge in [-0.25, -0.2) is 4.98 Å². The molecule has 3 aromatic carbocycles. The fourth-order valence-corrected chi connectivity index (χ4v) is 3.87. The summed E-state index contributed by atoms with van der Waals surface area (Å²) in [6, 6.07) is 19.1. The summed E-state index contributed by atoms with van der Waals surface area (Å²) in [5, 5.41) is 4.07. The number of H-pyrrole nitrogens is 2. The van der Waals surface area contributed by atoms with Gasteiger partial charge in [0.1, 0.15) is 0 Å². The third-order valence-corrected chi connectivity index (χ3v) is 5.51. The number of imidazole rings is 1. The van der Waals surface area contributed by atoms with Crippen LogP contribution >= 0.6 is 11.6 Å². The van der Waals surface area contributed by atoms with Gasteiger partial charge in [-0.1, -0.05) is 41.9 Å². The fourth-order valence-electron chi connectivity index (χ4n) is 3.70. The van der Waals surface area contributed by atoms with Crippen LogP contribution in [0.4, 0.5) is 0 Å². The fraction of sp³-hybridized carbons (Fsp3) is 0.0417. The van der Waals surface area contributed by atoms with E-state index in [2.05, 4.69) is 20.3 Å². The molecule has 0 radical (unpaired) electrons. The van der Waals surface area contributed by atoms with Gasteiger partial charge in [0.15, 0.2) is 5.43 Å². The summed E-state index contributed by atoms with van der Waals surface area (Å²) in [5.41, 5.74) is 3.74. The average Bonchev–Trinajstić information content (AvgIpc) is 3.26. The molecule has 1 unspecified atom stereocenters. The quantitative estimate of drug-likeness (QED) is 0.391. The van der Waals surface area contributed by atoms with Gasteiger partial charge in [0, 0.05) is 27.7 Å². The number of aromatic amines is 2. The first kappa shape index (κ1) is 19.1. The highest BCUT2D eigenvalue weighted by molar-refractivity contribution is 6.31. The van der Waals surface area contributed by atoms with Gasteiger partial charge < -0.3 is 15.3 Å². The van der Waals surface area contributed by atoms with Gasteiger partial charge in [-0.05, 0) is 42.0 Å². The van der Waals surface area contributed by atoms with Crippen molar-refractivity contribution >= 4 is 39.4 Å². The molecule has 1 amide bonds. The van der Waals surface area contributed by atoms with Crippen LogP contribution < -0.4 is 10.7 Å². The van der Waals surface area contributed by atoms with Gasteiger partial charge >= 0.3 is 0 Å². The molecule has 1 atom stereocenters. The number of halogens is 1. The van der Waals surface area contributed by atoms with E-state index in [1.54, 1.807) is 48.9 Å². The summed E-state index contributed by atoms with van der Waals surface area (Å²) in [4.78, 5) is 36.7. The van der Waals surface area contributed by atoms with Gasteiger partial charge in [-0.15, -0.1) is 0 Å². The number of carbonyl (C=O) groups is 1. The zero-order chi connectivity index (χ0) is 21.4. The van der Waals surface area contributed by atoms with E-state index in [-0.39, 0.29) is 11.3 Å². The Labute approximate surface area is 181 Å². The van der Waals surface area contributed by atoms with E-state index in [0.29, 0.717) is 27.1 Å². The van der Waals surface area contributed by atoms with E-state index >= 15 is 0 Å². The molecule has 2 aromatic heterocycles. The second-order valence-electron chi connectivity index (χ2n) is 7.21. The Morgan fingerprint density at radius 1 is 0.968 bits per heavy atom. The number of pyridine rings is 1. The number of aromatic nitrogens is 3. The molecule has 7 heteroatoms. The van der Waals surface area contributed by atoms with Gasteiger partial charge in [0.25, 0.3) is 5.91 Å². The molecule has 6 nitrogen and oxygen atoms in total. The van der Waals surface area contributed by atoms with Crippen LogP contribution in [0.3, 0.4) is 0 Å². The molecule has 0 bridgehead atoms. The van der Waals surface area contributed by atoms with Crippen LogP contribution in [-0.4, -0.2) is 20.9 Å². The van der Waals surface area contributed by atoms with Gasteiger partial charge in [0.05, 0.1) is 28.9 Å². The largest absolute Gasteiger partial charge is 0.361 e. The number of carbonyl (C=O) groups excluding carboxylic acids is 1. The molecular weight excluding hydrogens is 412 g/mol. The predicted molar refractivity (Wildman–Crippen MR) is 121 cm³/mol. The van der Waals surface area contributed by atoms with Crippen LogP contribution in [-0.2, 0) is 0 Å². The summed E-state index contributed by atoms with van der Waals surface area (Å²) in [6.45, 7) is 0. The molecule has 5 rings (SSSR count). The zero-order valence-corrected chi connectivity index (χ0v) is 17.0. The minimum atomic E-state index is -0.630. The van der Waals surface area contributed by atoms with Gasteiger partial charge in [-0.3, -0.25) is 9.59 Å². The Morgan fingerprint density at radius 2 is 1.81 bits per heavy atom. The van der Waals surface area contributed by atoms with E-state index in [0.717, 1.165) is 16.6 Å². The first-order valence-corrected chi connectivity index (χ1v) is 10.1. The Balaban J connectivity index is 1.59. The lowest BCUT2D eigenvalue weighted by molar-refractivity contribution is 0.0943. The molecule has 3 N–H and O–H groups in total. The molecule has 152 valence electrons. The minimum Gasteiger partial charge on any atom is -0.361 e. The van der Waals surface area contributed by atoms with Crippen LogP contribution in [0.1, 0.15) is 27.5 Å². The number of rotatable bonds is 4. The highest BCUT2D eigenvalue weighted by atomic mass is 35.5. The highest BCUT2D eigenvalue weighted by Gasteiger charge is 2.22. The minimum absolute atomic E-state index is 0.163. The molecule has 2 heterocycles. The molecule has 0 aliphatic carbocycles. The Hall–Kier alpha value is -3.90. The van der Waals surface area contributed by atoms with Crippen LogP contribution in [0.15, 0.2) is 84.0 Å². The van der Waals surface area contributed by atoms with Crippen molar-refractivity contribution in [1.29, 1.82) is 0 Å². The zero-order valence-electron chi connectivity index (χ0n) is 16.2. The van der Waals surface area contributed by atoms with Gasteiger partial charge in [0.2, 0.25) is 0 Å². The first-order chi connectivity index (χ1) is 15.1. The third kappa shape index (κ3) is 3.58. The highest BCUT2D eigenvalue weighted by Crippen LogP contribution is 2.23. The molecular formula is C24H17ClN4O2. The number of benzene rings is 3. The number of amides is 1. The monoisotopic (exact) mass is 428 g/mol. The van der Waals surface area contributed by atoms with Gasteiger partial charge in [-0.2, -0.15) is 0 Å². The van der Waals surface area contributed by atoms with E-state index in [1.807, 2.05) is 30.3 Å². The predicted octanol–water partition coefficient (Wildman–Crippen LogP) is 4.58. The summed E-state index contributed by atoms with van der Waals surface area (Å²) in [7, 11) is 0. The maximum atomic E-state index is 13.3. The number of nitrogens with one attached hydrogen (secondary N) is 3. The van der Waals surface area contributed by atoms with E-state index < -0.39 is 6.04 Å². The second-order valence-corrected chi connectivity index (χ2v) is 7.65. The second kappa shape index (κ2) is 7.74. The standard InChI is InChI=1S/C24H17ClN4O2/c25-16-7-8-17-20(11-16)26-12-18(23(17)30)22(14-4-2-1-3-5-14)29-24(31)15-6-9-19-21(10-15)28-13-27-19/h1-13,22H,(H,26,30)(H,27,28)(H,29,31). The third-order valence-electron chi connectivity index (χ3n) is 5.27. The van der Waals surface area contributed by atoms with E-state index in [9.17, 15) is 9.59 Å². The number of hydrogen-bond acceptors (Lipinski definition) is 3. The summed E-state index contributed by atoms with van der Waals surface area (Å²) in [6.07, 6.45) is 3.22. The Morgan fingerprint density at radius 3 is 2.65 bits per heavy atom. The summed E-state index contributed by atoms with van der Waals surface area (Å²) < 4.78 is 0. The normalized spacial score (nSPS) is 12.2. The maximum Gasteiger partial charge on any atom is 0.252 e. The lowest BCUT2D eigenvalue weighted by Crippen LogP contribution is -2.32. The molecule has 0 fully saturated rings. The van der Waals surface area contributed by atoms with Crippen molar-refractivity contribution in [3.63, 3.8) is 0 Å². The van der Waals surface area contributed by atoms with Crippen molar-refractivity contribution in [3.8, 4) is 0 Å². The van der Waals surface area contributed by atoms with Crippen molar-refractivity contribution in [1.82, 2.24) is 20.3 Å². The number of fused-ring (bicyclic) bond motifs is 2. The smallest absolute Gasteiger partial charge is 0.252 e. The lowest BCUT2D eigenvalue weighted by Gasteiger charge is -2.20. The summed E-state index contributed by atoms with van der Waals surface area (Å²) in [5.74, 6) is -0.291. The molecule has 0 aliphatic heterocycles. The molecule has 0 spiro atoms. The van der Waals surface area contributed by atoms with Crippen molar-refractivity contribution < 1.29 is 4.79 Å². The van der Waals surface area contributed by atoms with Crippen LogP contribution in [0.2, 0.25) is 5.02 Å². The molecule has 5 aromatic rings. The van der Waals surface area contributed by atoms with Crippen LogP contribution in [0, 0.1) is 0 Å². The Bertz CT molecular complexity index is 1470. The SMILES string of the molecule is O=C(NC(c1ccccc1)c1c[nH]c2cc(Cl)ccc2c1=O)c1ccc2nc[nH]c2c1. The number of hydrogen-bond donors (Lipinski definition) is 3. The molecule has 0 aliphatic rings. The number of nitrogens with zero attached hydrogens (tertiary/aromatic N) is 1. The van der Waals surface area contributed by atoms with Crippen molar-refractivity contribution in [2.75, 3.05) is 0 Å². The van der Waals surface area contributed by atoms with Crippen molar-refractivity contribution in [2.45, 2.75) is 6.04 Å².